The molecule has 1 aromatic carbocycles. The van der Waals surface area contributed by atoms with Gasteiger partial charge in [-0.25, -0.2) is 0 Å². The second kappa shape index (κ2) is 7.95. The van der Waals surface area contributed by atoms with Gasteiger partial charge in [0.2, 0.25) is 0 Å². The first-order valence-electron chi connectivity index (χ1n) is 7.47. The number of halogens is 2. The van der Waals surface area contributed by atoms with Gasteiger partial charge in [0.15, 0.2) is 5.69 Å². The molecule has 0 spiro atoms. The molecule has 5 nitrogen and oxygen atoms in total. The van der Waals surface area contributed by atoms with Crippen LogP contribution in [0.3, 0.4) is 0 Å². The molecule has 124 valence electrons. The Morgan fingerprint density at radius 1 is 1.43 bits per heavy atom. The Morgan fingerprint density at radius 3 is 2.96 bits per heavy atom. The number of hydrogen-bond acceptors (Lipinski definition) is 3. The standard InChI is InChI=1S/C16H19BrN4O.ClH/c1-11-4-5-12(9-14(11)17)19-16(22)15-6-8-21(20-15)13-3-2-7-18-10-13;/h4-6,8-9,13,18H,2-3,7,10H2,1H3,(H,19,22);1H. The molecule has 0 radical (unpaired) electrons. The SMILES string of the molecule is Cc1ccc(NC(=O)c2ccn(C3CCCNC3)n2)cc1Br.Cl. The van der Waals surface area contributed by atoms with Crippen LogP contribution in [0.2, 0.25) is 0 Å². The van der Waals surface area contributed by atoms with E-state index >= 15 is 0 Å². The van der Waals surface area contributed by atoms with E-state index in [9.17, 15) is 4.79 Å². The highest BCUT2D eigenvalue weighted by Gasteiger charge is 2.17. The van der Waals surface area contributed by atoms with Crippen LogP contribution in [0.15, 0.2) is 34.9 Å². The molecule has 0 bridgehead atoms. The summed E-state index contributed by atoms with van der Waals surface area (Å²) >= 11 is 3.47. The summed E-state index contributed by atoms with van der Waals surface area (Å²) in [6.45, 7) is 3.98. The van der Waals surface area contributed by atoms with Crippen molar-refractivity contribution in [1.82, 2.24) is 15.1 Å². The molecule has 1 atom stereocenters. The number of carbonyl (C=O) groups is 1. The van der Waals surface area contributed by atoms with Crippen molar-refractivity contribution in [1.29, 1.82) is 0 Å². The van der Waals surface area contributed by atoms with Crippen LogP contribution in [0.5, 0.6) is 0 Å². The van der Waals surface area contributed by atoms with Crippen LogP contribution in [0.1, 0.15) is 34.9 Å². The minimum atomic E-state index is -0.182. The Kier molecular flexibility index (Phi) is 6.21. The first kappa shape index (κ1) is 18.0. The third kappa shape index (κ3) is 4.34. The van der Waals surface area contributed by atoms with Crippen molar-refractivity contribution in [2.75, 3.05) is 18.4 Å². The van der Waals surface area contributed by atoms with Crippen molar-refractivity contribution in [2.24, 2.45) is 0 Å². The molecule has 1 unspecified atom stereocenters. The van der Waals surface area contributed by atoms with Gasteiger partial charge in [-0.05, 0) is 50.1 Å². The number of anilines is 1. The lowest BCUT2D eigenvalue weighted by molar-refractivity contribution is 0.102. The molecule has 1 aliphatic rings. The number of carbonyl (C=O) groups excluding carboxylic acids is 1. The quantitative estimate of drug-likeness (QED) is 0.830. The van der Waals surface area contributed by atoms with Gasteiger partial charge in [-0.1, -0.05) is 22.0 Å². The number of hydrogen-bond donors (Lipinski definition) is 2. The average Bonchev–Trinajstić information content (AvgIpc) is 3.02. The second-order valence-electron chi connectivity index (χ2n) is 5.60. The van der Waals surface area contributed by atoms with Crippen molar-refractivity contribution in [2.45, 2.75) is 25.8 Å². The molecule has 2 heterocycles. The number of aromatic nitrogens is 2. The van der Waals surface area contributed by atoms with Gasteiger partial charge >= 0.3 is 0 Å². The fourth-order valence-corrected chi connectivity index (χ4v) is 2.97. The summed E-state index contributed by atoms with van der Waals surface area (Å²) in [6, 6.07) is 7.86. The van der Waals surface area contributed by atoms with Gasteiger partial charge in [-0.2, -0.15) is 5.10 Å². The van der Waals surface area contributed by atoms with Crippen LogP contribution >= 0.6 is 28.3 Å². The molecule has 3 rings (SSSR count). The Labute approximate surface area is 150 Å². The second-order valence-corrected chi connectivity index (χ2v) is 6.45. The highest BCUT2D eigenvalue weighted by atomic mass is 79.9. The van der Waals surface area contributed by atoms with E-state index in [1.54, 1.807) is 6.07 Å². The zero-order chi connectivity index (χ0) is 15.5. The summed E-state index contributed by atoms with van der Waals surface area (Å²) in [6.07, 6.45) is 4.13. The van der Waals surface area contributed by atoms with E-state index in [-0.39, 0.29) is 18.3 Å². The summed E-state index contributed by atoms with van der Waals surface area (Å²) in [4.78, 5) is 12.3. The van der Waals surface area contributed by atoms with E-state index in [0.29, 0.717) is 11.7 Å². The summed E-state index contributed by atoms with van der Waals surface area (Å²) < 4.78 is 2.87. The Hall–Kier alpha value is -1.37. The Bertz CT molecular complexity index is 682. The van der Waals surface area contributed by atoms with E-state index < -0.39 is 0 Å². The van der Waals surface area contributed by atoms with Crippen molar-refractivity contribution in [3.63, 3.8) is 0 Å². The average molecular weight is 400 g/mol. The van der Waals surface area contributed by atoms with E-state index in [4.69, 9.17) is 0 Å². The normalized spacial score (nSPS) is 17.4. The van der Waals surface area contributed by atoms with Crippen LogP contribution in [-0.4, -0.2) is 28.8 Å². The molecule has 23 heavy (non-hydrogen) atoms. The number of nitrogens with zero attached hydrogens (tertiary/aromatic N) is 2. The van der Waals surface area contributed by atoms with Crippen LogP contribution in [0.25, 0.3) is 0 Å². The lowest BCUT2D eigenvalue weighted by Gasteiger charge is -2.22. The van der Waals surface area contributed by atoms with Gasteiger partial charge in [0, 0.05) is 22.9 Å². The third-order valence-electron chi connectivity index (χ3n) is 3.92. The molecule has 1 fully saturated rings. The van der Waals surface area contributed by atoms with Gasteiger partial charge in [-0.15, -0.1) is 12.4 Å². The van der Waals surface area contributed by atoms with Crippen molar-refractivity contribution >= 4 is 39.9 Å². The van der Waals surface area contributed by atoms with Crippen LogP contribution in [-0.2, 0) is 0 Å². The number of aryl methyl sites for hydroxylation is 1. The molecule has 0 saturated carbocycles. The summed E-state index contributed by atoms with van der Waals surface area (Å²) in [5, 5.41) is 10.7. The van der Waals surface area contributed by atoms with Gasteiger partial charge in [-0.3, -0.25) is 9.48 Å². The summed E-state index contributed by atoms with van der Waals surface area (Å²) in [5.41, 5.74) is 2.34. The molecule has 2 N–H and O–H groups in total. The Balaban J connectivity index is 0.00000192. The molecule has 2 aromatic rings. The van der Waals surface area contributed by atoms with E-state index in [1.165, 1.54) is 0 Å². The third-order valence-corrected chi connectivity index (χ3v) is 4.77. The molecule has 0 aliphatic carbocycles. The number of nitrogens with one attached hydrogen (secondary N) is 2. The van der Waals surface area contributed by atoms with E-state index in [2.05, 4.69) is 31.7 Å². The van der Waals surface area contributed by atoms with Crippen molar-refractivity contribution < 1.29 is 4.79 Å². The number of benzene rings is 1. The molecular weight excluding hydrogens is 380 g/mol. The molecule has 1 aliphatic heterocycles. The zero-order valence-electron chi connectivity index (χ0n) is 12.9. The molecule has 1 aromatic heterocycles. The highest BCUT2D eigenvalue weighted by molar-refractivity contribution is 9.10. The molecular formula is C16H20BrClN4O. The fourth-order valence-electron chi connectivity index (χ4n) is 2.59. The summed E-state index contributed by atoms with van der Waals surface area (Å²) in [5.74, 6) is -0.182. The van der Waals surface area contributed by atoms with E-state index in [1.807, 2.05) is 36.0 Å². The largest absolute Gasteiger partial charge is 0.321 e. The monoisotopic (exact) mass is 398 g/mol. The number of rotatable bonds is 3. The summed E-state index contributed by atoms with van der Waals surface area (Å²) in [7, 11) is 0. The highest BCUT2D eigenvalue weighted by Crippen LogP contribution is 2.21. The van der Waals surface area contributed by atoms with Crippen LogP contribution in [0, 0.1) is 6.92 Å². The predicted molar refractivity (Wildman–Crippen MR) is 97.4 cm³/mol. The minimum absolute atomic E-state index is 0. The predicted octanol–water partition coefficient (Wildman–Crippen LogP) is 3.55. The van der Waals surface area contributed by atoms with Gasteiger partial charge in [0.1, 0.15) is 0 Å². The first-order valence-corrected chi connectivity index (χ1v) is 8.26. The number of amides is 1. The maximum Gasteiger partial charge on any atom is 0.276 e. The van der Waals surface area contributed by atoms with Crippen LogP contribution < -0.4 is 10.6 Å². The topological polar surface area (TPSA) is 59.0 Å². The van der Waals surface area contributed by atoms with Crippen molar-refractivity contribution in [3.05, 3.63) is 46.2 Å². The molecule has 1 saturated heterocycles. The minimum Gasteiger partial charge on any atom is -0.321 e. The maximum atomic E-state index is 12.3. The van der Waals surface area contributed by atoms with Gasteiger partial charge in [0.05, 0.1) is 6.04 Å². The lowest BCUT2D eigenvalue weighted by atomic mass is 10.1. The van der Waals surface area contributed by atoms with E-state index in [0.717, 1.165) is 41.7 Å². The molecule has 1 amide bonds. The van der Waals surface area contributed by atoms with Gasteiger partial charge in [0.25, 0.3) is 5.91 Å². The smallest absolute Gasteiger partial charge is 0.276 e. The molecule has 7 heteroatoms. The lowest BCUT2D eigenvalue weighted by Crippen LogP contribution is -2.32. The first-order chi connectivity index (χ1) is 10.6. The van der Waals surface area contributed by atoms with Crippen LogP contribution in [0.4, 0.5) is 5.69 Å². The number of piperidine rings is 1. The fraction of sp³-hybridized carbons (Fsp3) is 0.375. The Morgan fingerprint density at radius 2 is 2.26 bits per heavy atom. The van der Waals surface area contributed by atoms with Crippen molar-refractivity contribution in [3.8, 4) is 0 Å². The zero-order valence-corrected chi connectivity index (χ0v) is 15.3. The van der Waals surface area contributed by atoms with Gasteiger partial charge < -0.3 is 10.6 Å². The maximum absolute atomic E-state index is 12.3.